The molecule has 1 atom stereocenters. The number of benzene rings is 2. The standard InChI is InChI=1S/C20H18N4O2/c21-11-13-3-7-16(8-4-13)24-9-1-2-18(20(24)26)23-15-6-5-14-12-22-19(25)17(14)10-15/h3-8,10,18,23H,1-2,9,12H2,(H,22,25)/t18-/m1/s1. The highest BCUT2D eigenvalue weighted by Crippen LogP contribution is 2.25. The lowest BCUT2D eigenvalue weighted by molar-refractivity contribution is -0.120. The van der Waals surface area contributed by atoms with E-state index in [1.807, 2.05) is 18.2 Å². The minimum atomic E-state index is -0.332. The van der Waals surface area contributed by atoms with Crippen molar-refractivity contribution in [1.82, 2.24) is 5.32 Å². The van der Waals surface area contributed by atoms with E-state index in [-0.39, 0.29) is 17.9 Å². The molecule has 0 saturated carbocycles. The van der Waals surface area contributed by atoms with Crippen molar-refractivity contribution in [3.8, 4) is 6.07 Å². The van der Waals surface area contributed by atoms with Gasteiger partial charge in [-0.3, -0.25) is 9.59 Å². The zero-order chi connectivity index (χ0) is 18.1. The van der Waals surface area contributed by atoms with Crippen LogP contribution in [0.25, 0.3) is 0 Å². The molecule has 0 aromatic heterocycles. The third kappa shape index (κ3) is 2.88. The third-order valence-corrected chi connectivity index (χ3v) is 4.88. The van der Waals surface area contributed by atoms with Crippen molar-refractivity contribution >= 4 is 23.2 Å². The zero-order valence-electron chi connectivity index (χ0n) is 14.2. The summed E-state index contributed by atoms with van der Waals surface area (Å²) in [6, 6.07) is 14.4. The van der Waals surface area contributed by atoms with E-state index in [2.05, 4.69) is 16.7 Å². The Balaban J connectivity index is 1.52. The maximum Gasteiger partial charge on any atom is 0.251 e. The SMILES string of the molecule is N#Cc1ccc(N2CCC[C@@H](Nc3ccc4c(c3)C(=O)NC4)C2=O)cc1. The third-order valence-electron chi connectivity index (χ3n) is 4.88. The highest BCUT2D eigenvalue weighted by atomic mass is 16.2. The van der Waals surface area contributed by atoms with Crippen LogP contribution in [0.5, 0.6) is 0 Å². The quantitative estimate of drug-likeness (QED) is 0.894. The van der Waals surface area contributed by atoms with Gasteiger partial charge in [-0.05, 0) is 54.8 Å². The number of carbonyl (C=O) groups excluding carboxylic acids is 2. The molecule has 1 saturated heterocycles. The van der Waals surface area contributed by atoms with Gasteiger partial charge in [0.15, 0.2) is 0 Å². The summed E-state index contributed by atoms with van der Waals surface area (Å²) in [5, 5.41) is 15.0. The lowest BCUT2D eigenvalue weighted by Crippen LogP contribution is -2.47. The van der Waals surface area contributed by atoms with Crippen LogP contribution < -0.4 is 15.5 Å². The number of nitrogens with zero attached hydrogens (tertiary/aromatic N) is 2. The maximum absolute atomic E-state index is 12.9. The number of nitrogens with one attached hydrogen (secondary N) is 2. The fraction of sp³-hybridized carbons (Fsp3) is 0.250. The van der Waals surface area contributed by atoms with Crippen molar-refractivity contribution in [1.29, 1.82) is 5.26 Å². The summed E-state index contributed by atoms with van der Waals surface area (Å²) in [6.07, 6.45) is 1.63. The van der Waals surface area contributed by atoms with Gasteiger partial charge in [0.1, 0.15) is 6.04 Å². The molecular formula is C20H18N4O2. The first-order valence-corrected chi connectivity index (χ1v) is 8.65. The molecule has 0 unspecified atom stereocenters. The van der Waals surface area contributed by atoms with Crippen LogP contribution in [0.4, 0.5) is 11.4 Å². The van der Waals surface area contributed by atoms with Gasteiger partial charge in [0.25, 0.3) is 5.91 Å². The molecule has 0 bridgehead atoms. The lowest BCUT2D eigenvalue weighted by atomic mass is 10.0. The van der Waals surface area contributed by atoms with E-state index in [1.165, 1.54) is 0 Å². The van der Waals surface area contributed by atoms with E-state index >= 15 is 0 Å². The van der Waals surface area contributed by atoms with Crippen LogP contribution >= 0.6 is 0 Å². The van der Waals surface area contributed by atoms with E-state index in [0.717, 1.165) is 29.8 Å². The normalized spacial score (nSPS) is 18.9. The van der Waals surface area contributed by atoms with Gasteiger partial charge >= 0.3 is 0 Å². The highest BCUT2D eigenvalue weighted by Gasteiger charge is 2.30. The summed E-state index contributed by atoms with van der Waals surface area (Å²) in [5.41, 5.74) is 3.80. The fourth-order valence-corrected chi connectivity index (χ4v) is 3.49. The van der Waals surface area contributed by atoms with Gasteiger partial charge in [-0.1, -0.05) is 6.07 Å². The highest BCUT2D eigenvalue weighted by molar-refractivity contribution is 6.01. The largest absolute Gasteiger partial charge is 0.374 e. The predicted octanol–water partition coefficient (Wildman–Crippen LogP) is 2.41. The van der Waals surface area contributed by atoms with E-state index in [1.54, 1.807) is 29.2 Å². The Kier molecular flexibility index (Phi) is 4.05. The molecule has 130 valence electrons. The molecule has 2 N–H and O–H groups in total. The second kappa shape index (κ2) is 6.52. The number of nitriles is 1. The Morgan fingerprint density at radius 1 is 1.15 bits per heavy atom. The topological polar surface area (TPSA) is 85.2 Å². The minimum Gasteiger partial charge on any atom is -0.374 e. The molecule has 0 spiro atoms. The molecule has 2 aromatic carbocycles. The van der Waals surface area contributed by atoms with Crippen molar-refractivity contribution in [2.75, 3.05) is 16.8 Å². The van der Waals surface area contributed by atoms with Gasteiger partial charge in [0.2, 0.25) is 5.91 Å². The van der Waals surface area contributed by atoms with Crippen LogP contribution in [-0.2, 0) is 11.3 Å². The van der Waals surface area contributed by atoms with Crippen LogP contribution in [0.15, 0.2) is 42.5 Å². The summed E-state index contributed by atoms with van der Waals surface area (Å²) in [6.45, 7) is 1.22. The Hall–Kier alpha value is -3.33. The summed E-state index contributed by atoms with van der Waals surface area (Å²) >= 11 is 0. The van der Waals surface area contributed by atoms with E-state index in [4.69, 9.17) is 5.26 Å². The molecule has 1 fully saturated rings. The summed E-state index contributed by atoms with van der Waals surface area (Å²) < 4.78 is 0. The number of carbonyl (C=O) groups is 2. The number of fused-ring (bicyclic) bond motifs is 1. The minimum absolute atomic E-state index is 0.00547. The first kappa shape index (κ1) is 16.2. The zero-order valence-corrected chi connectivity index (χ0v) is 14.2. The molecule has 0 radical (unpaired) electrons. The predicted molar refractivity (Wildman–Crippen MR) is 97.8 cm³/mol. The van der Waals surface area contributed by atoms with Gasteiger partial charge in [-0.15, -0.1) is 0 Å². The van der Waals surface area contributed by atoms with Crippen molar-refractivity contribution in [3.05, 3.63) is 59.2 Å². The van der Waals surface area contributed by atoms with Crippen molar-refractivity contribution in [2.45, 2.75) is 25.4 Å². The summed E-state index contributed by atoms with van der Waals surface area (Å²) in [7, 11) is 0. The summed E-state index contributed by atoms with van der Waals surface area (Å²) in [4.78, 5) is 26.5. The molecule has 2 aromatic rings. The molecule has 2 amide bonds. The van der Waals surface area contributed by atoms with Gasteiger partial charge in [-0.2, -0.15) is 5.26 Å². The molecule has 4 rings (SSSR count). The summed E-state index contributed by atoms with van der Waals surface area (Å²) in [5.74, 6) is -0.0660. The van der Waals surface area contributed by atoms with E-state index < -0.39 is 0 Å². The molecule has 2 heterocycles. The second-order valence-corrected chi connectivity index (χ2v) is 6.54. The fourth-order valence-electron chi connectivity index (χ4n) is 3.49. The molecule has 6 heteroatoms. The van der Waals surface area contributed by atoms with Gasteiger partial charge in [0, 0.05) is 30.0 Å². The smallest absolute Gasteiger partial charge is 0.251 e. The van der Waals surface area contributed by atoms with Crippen molar-refractivity contribution < 1.29 is 9.59 Å². The number of rotatable bonds is 3. The number of piperidine rings is 1. The van der Waals surface area contributed by atoms with Gasteiger partial charge < -0.3 is 15.5 Å². The first-order valence-electron chi connectivity index (χ1n) is 8.65. The van der Waals surface area contributed by atoms with Gasteiger partial charge in [-0.25, -0.2) is 0 Å². The maximum atomic E-state index is 12.9. The monoisotopic (exact) mass is 346 g/mol. The Labute approximate surface area is 151 Å². The molecule has 26 heavy (non-hydrogen) atoms. The molecule has 2 aliphatic rings. The number of hydrogen-bond donors (Lipinski definition) is 2. The molecule has 0 aliphatic carbocycles. The van der Waals surface area contributed by atoms with Crippen LogP contribution in [0, 0.1) is 11.3 Å². The number of anilines is 2. The van der Waals surface area contributed by atoms with Crippen molar-refractivity contribution in [2.24, 2.45) is 0 Å². The molecule has 6 nitrogen and oxygen atoms in total. The molecular weight excluding hydrogens is 328 g/mol. The lowest BCUT2D eigenvalue weighted by Gasteiger charge is -2.33. The average Bonchev–Trinajstić information content (AvgIpc) is 3.04. The van der Waals surface area contributed by atoms with Crippen molar-refractivity contribution in [3.63, 3.8) is 0 Å². The van der Waals surface area contributed by atoms with Crippen LogP contribution in [0.2, 0.25) is 0 Å². The Morgan fingerprint density at radius 3 is 2.73 bits per heavy atom. The van der Waals surface area contributed by atoms with Crippen LogP contribution in [0.3, 0.4) is 0 Å². The Morgan fingerprint density at radius 2 is 1.96 bits per heavy atom. The van der Waals surface area contributed by atoms with Crippen LogP contribution in [0.1, 0.15) is 34.3 Å². The first-order chi connectivity index (χ1) is 12.7. The van der Waals surface area contributed by atoms with E-state index in [9.17, 15) is 9.59 Å². The number of hydrogen-bond acceptors (Lipinski definition) is 4. The van der Waals surface area contributed by atoms with Crippen LogP contribution in [-0.4, -0.2) is 24.4 Å². The van der Waals surface area contributed by atoms with E-state index in [0.29, 0.717) is 24.2 Å². The Bertz CT molecular complexity index is 914. The molecule has 2 aliphatic heterocycles. The van der Waals surface area contributed by atoms with Gasteiger partial charge in [0.05, 0.1) is 11.6 Å². The average molecular weight is 346 g/mol. The number of amides is 2. The second-order valence-electron chi connectivity index (χ2n) is 6.54.